The van der Waals surface area contributed by atoms with Crippen LogP contribution in [-0.2, 0) is 11.2 Å². The summed E-state index contributed by atoms with van der Waals surface area (Å²) >= 11 is 0. The Morgan fingerprint density at radius 2 is 1.84 bits per heavy atom. The maximum atomic E-state index is 13.4. The van der Waals surface area contributed by atoms with E-state index in [0.29, 0.717) is 12.3 Å². The summed E-state index contributed by atoms with van der Waals surface area (Å²) in [6, 6.07) is 21.1. The molecule has 2 saturated heterocycles. The zero-order valence-electron chi connectivity index (χ0n) is 19.6. The van der Waals surface area contributed by atoms with Gasteiger partial charge in [0.1, 0.15) is 0 Å². The first-order chi connectivity index (χ1) is 15.7. The Bertz CT molecular complexity index is 840. The van der Waals surface area contributed by atoms with Crippen molar-refractivity contribution in [3.05, 3.63) is 66.2 Å². The van der Waals surface area contributed by atoms with Crippen LogP contribution in [0.5, 0.6) is 0 Å². The van der Waals surface area contributed by atoms with E-state index in [0.717, 1.165) is 70.6 Å². The number of para-hydroxylation sites is 1. The molecular formula is C28H39N3O. The number of fused-ring (bicyclic) bond motifs is 1. The van der Waals surface area contributed by atoms with Gasteiger partial charge in [-0.05, 0) is 56.0 Å². The third-order valence-corrected chi connectivity index (χ3v) is 7.46. The van der Waals surface area contributed by atoms with E-state index >= 15 is 0 Å². The van der Waals surface area contributed by atoms with Crippen molar-refractivity contribution in [3.8, 4) is 0 Å². The first-order valence-corrected chi connectivity index (χ1v) is 12.5. The van der Waals surface area contributed by atoms with Crippen molar-refractivity contribution < 1.29 is 4.79 Å². The van der Waals surface area contributed by atoms with Crippen molar-refractivity contribution in [2.75, 3.05) is 44.2 Å². The summed E-state index contributed by atoms with van der Waals surface area (Å²) in [4.78, 5) is 18.1. The van der Waals surface area contributed by atoms with Gasteiger partial charge in [-0.1, -0.05) is 68.3 Å². The Labute approximate surface area is 194 Å². The van der Waals surface area contributed by atoms with Crippen LogP contribution in [0.4, 0.5) is 5.69 Å². The number of unbranched alkanes of at least 4 members (excludes halogenated alkanes) is 2. The lowest BCUT2D eigenvalue weighted by Gasteiger charge is -2.46. The van der Waals surface area contributed by atoms with E-state index in [1.165, 1.54) is 12.0 Å². The zero-order chi connectivity index (χ0) is 22.2. The highest BCUT2D eigenvalue weighted by Gasteiger charge is 2.48. The van der Waals surface area contributed by atoms with Crippen LogP contribution < -0.4 is 10.2 Å². The summed E-state index contributed by atoms with van der Waals surface area (Å²) in [6.45, 7) is 8.43. The zero-order valence-corrected chi connectivity index (χ0v) is 19.6. The van der Waals surface area contributed by atoms with Crippen LogP contribution in [0, 0.1) is 11.3 Å². The Morgan fingerprint density at radius 3 is 2.59 bits per heavy atom. The van der Waals surface area contributed by atoms with Gasteiger partial charge in [-0.25, -0.2) is 0 Å². The molecule has 2 aromatic rings. The number of piperidine rings is 1. The summed E-state index contributed by atoms with van der Waals surface area (Å²) in [6.07, 6.45) is 6.20. The summed E-state index contributed by atoms with van der Waals surface area (Å²) < 4.78 is 0. The second-order valence-corrected chi connectivity index (χ2v) is 9.76. The van der Waals surface area contributed by atoms with E-state index in [2.05, 4.69) is 76.6 Å². The number of nitrogens with one attached hydrogen (secondary N) is 1. The number of hydrogen-bond donors (Lipinski definition) is 1. The van der Waals surface area contributed by atoms with Gasteiger partial charge < -0.3 is 15.1 Å². The molecule has 0 radical (unpaired) electrons. The molecule has 2 aromatic carbocycles. The van der Waals surface area contributed by atoms with Gasteiger partial charge in [0.05, 0.1) is 0 Å². The number of amides is 1. The van der Waals surface area contributed by atoms with E-state index in [1.54, 1.807) is 0 Å². The topological polar surface area (TPSA) is 35.6 Å². The largest absolute Gasteiger partial charge is 0.316 e. The summed E-state index contributed by atoms with van der Waals surface area (Å²) in [5.74, 6) is 0.927. The number of carbonyl (C=O) groups excluding carboxylic acids is 1. The number of benzene rings is 2. The van der Waals surface area contributed by atoms with Crippen molar-refractivity contribution in [2.24, 2.45) is 11.3 Å². The van der Waals surface area contributed by atoms with Gasteiger partial charge >= 0.3 is 0 Å². The predicted molar refractivity (Wildman–Crippen MR) is 133 cm³/mol. The maximum Gasteiger partial charge on any atom is 0.226 e. The fourth-order valence-electron chi connectivity index (χ4n) is 5.58. The molecule has 1 amide bonds. The van der Waals surface area contributed by atoms with Crippen molar-refractivity contribution >= 4 is 11.6 Å². The van der Waals surface area contributed by atoms with Gasteiger partial charge in [-0.2, -0.15) is 0 Å². The molecule has 1 N–H and O–H groups in total. The predicted octanol–water partition coefficient (Wildman–Crippen LogP) is 4.75. The molecular weight excluding hydrogens is 394 g/mol. The number of likely N-dealkylation sites (tertiary alicyclic amines) is 1. The number of carbonyl (C=O) groups is 1. The van der Waals surface area contributed by atoms with Gasteiger partial charge in [0, 0.05) is 43.7 Å². The highest BCUT2D eigenvalue weighted by Crippen LogP contribution is 2.40. The minimum atomic E-state index is 0.130. The molecule has 0 bridgehead atoms. The molecule has 0 aliphatic carbocycles. The minimum absolute atomic E-state index is 0.130. The van der Waals surface area contributed by atoms with Crippen LogP contribution in [0.2, 0.25) is 0 Å². The molecule has 32 heavy (non-hydrogen) atoms. The second kappa shape index (κ2) is 11.1. The molecule has 0 spiro atoms. The number of nitrogens with zero attached hydrogens (tertiary/aromatic N) is 2. The van der Waals surface area contributed by atoms with Crippen LogP contribution in [0.1, 0.15) is 44.6 Å². The average molecular weight is 434 g/mol. The molecule has 0 aromatic heterocycles. The van der Waals surface area contributed by atoms with Gasteiger partial charge in [-0.15, -0.1) is 0 Å². The molecule has 2 aliphatic rings. The molecule has 2 fully saturated rings. The van der Waals surface area contributed by atoms with Gasteiger partial charge in [0.2, 0.25) is 5.91 Å². The van der Waals surface area contributed by atoms with Crippen molar-refractivity contribution in [1.29, 1.82) is 0 Å². The Balaban J connectivity index is 1.48. The van der Waals surface area contributed by atoms with Gasteiger partial charge in [0.15, 0.2) is 0 Å². The van der Waals surface area contributed by atoms with Crippen LogP contribution in [-0.4, -0.2) is 50.1 Å². The van der Waals surface area contributed by atoms with E-state index in [1.807, 2.05) is 6.07 Å². The maximum absolute atomic E-state index is 13.4. The highest BCUT2D eigenvalue weighted by atomic mass is 16.2. The Kier molecular flexibility index (Phi) is 7.99. The number of rotatable bonds is 10. The standard InChI is InChI=1S/C28H39N3O/c1-2-3-6-15-27(32)31(26-13-9-5-10-14-26)23-28-21-29-20-25(28)17-19-30(22-28)18-16-24-11-7-4-8-12-24/h4-5,7-14,25,29H,2-3,6,15-23H2,1H3. The SMILES string of the molecule is CCCCCC(=O)N(CC12CNCC1CCN(CCc1ccccc1)C2)c1ccccc1. The number of hydrogen-bond acceptors (Lipinski definition) is 3. The van der Waals surface area contributed by atoms with Gasteiger partial charge in [0.25, 0.3) is 0 Å². The highest BCUT2D eigenvalue weighted by molar-refractivity contribution is 5.93. The van der Waals surface area contributed by atoms with E-state index in [9.17, 15) is 4.79 Å². The molecule has 0 saturated carbocycles. The fraction of sp³-hybridized carbons (Fsp3) is 0.536. The molecule has 4 heteroatoms. The lowest BCUT2D eigenvalue weighted by atomic mass is 9.72. The van der Waals surface area contributed by atoms with Crippen molar-refractivity contribution in [1.82, 2.24) is 10.2 Å². The monoisotopic (exact) mass is 433 g/mol. The molecule has 172 valence electrons. The minimum Gasteiger partial charge on any atom is -0.316 e. The third-order valence-electron chi connectivity index (χ3n) is 7.46. The average Bonchev–Trinajstić information content (AvgIpc) is 3.25. The molecule has 2 unspecified atom stereocenters. The molecule has 2 heterocycles. The summed E-state index contributed by atoms with van der Waals surface area (Å²) in [5, 5.41) is 3.68. The van der Waals surface area contributed by atoms with Crippen molar-refractivity contribution in [3.63, 3.8) is 0 Å². The summed E-state index contributed by atoms with van der Waals surface area (Å²) in [7, 11) is 0. The van der Waals surface area contributed by atoms with E-state index in [-0.39, 0.29) is 11.3 Å². The van der Waals surface area contributed by atoms with E-state index < -0.39 is 0 Å². The van der Waals surface area contributed by atoms with Crippen LogP contribution in [0.15, 0.2) is 60.7 Å². The van der Waals surface area contributed by atoms with Crippen molar-refractivity contribution in [2.45, 2.75) is 45.4 Å². The molecule has 4 nitrogen and oxygen atoms in total. The quantitative estimate of drug-likeness (QED) is 0.549. The third kappa shape index (κ3) is 5.60. The summed E-state index contributed by atoms with van der Waals surface area (Å²) in [5.41, 5.74) is 2.59. The molecule has 4 rings (SSSR count). The van der Waals surface area contributed by atoms with Crippen LogP contribution in [0.3, 0.4) is 0 Å². The second-order valence-electron chi connectivity index (χ2n) is 9.76. The Morgan fingerprint density at radius 1 is 1.09 bits per heavy atom. The van der Waals surface area contributed by atoms with Crippen LogP contribution in [0.25, 0.3) is 0 Å². The molecule has 2 atom stereocenters. The van der Waals surface area contributed by atoms with E-state index in [4.69, 9.17) is 0 Å². The normalized spacial score (nSPS) is 23.1. The van der Waals surface area contributed by atoms with Crippen LogP contribution >= 0.6 is 0 Å². The molecule has 2 aliphatic heterocycles. The lowest BCUT2D eigenvalue weighted by Crippen LogP contribution is -2.55. The smallest absolute Gasteiger partial charge is 0.226 e. The Hall–Kier alpha value is -2.17. The number of anilines is 1. The fourth-order valence-corrected chi connectivity index (χ4v) is 5.58. The van der Waals surface area contributed by atoms with Gasteiger partial charge in [-0.3, -0.25) is 4.79 Å². The first-order valence-electron chi connectivity index (χ1n) is 12.5. The lowest BCUT2D eigenvalue weighted by molar-refractivity contribution is -0.119. The first kappa shape index (κ1) is 23.0.